The molecule has 7 heteroatoms. The Morgan fingerprint density at radius 2 is 1.58 bits per heavy atom. The maximum absolute atomic E-state index is 12.1. The lowest BCUT2D eigenvalue weighted by molar-refractivity contribution is -0.133. The van der Waals surface area contributed by atoms with Gasteiger partial charge in [-0.05, 0) is 65.4 Å². The van der Waals surface area contributed by atoms with E-state index in [0.717, 1.165) is 9.13 Å². The Balaban J connectivity index is 2.13. The first-order valence-electron chi connectivity index (χ1n) is 7.05. The largest absolute Gasteiger partial charge is 0.497 e. The van der Waals surface area contributed by atoms with Crippen LogP contribution in [0.25, 0.3) is 0 Å². The summed E-state index contributed by atoms with van der Waals surface area (Å²) in [6.07, 6.45) is 0. The number of hydrogen-bond donors (Lipinski definition) is 2. The molecule has 0 fully saturated rings. The van der Waals surface area contributed by atoms with E-state index >= 15 is 0 Å². The lowest BCUT2D eigenvalue weighted by atomic mass is 10.2. The highest BCUT2D eigenvalue weighted by molar-refractivity contribution is 14.1. The molecule has 0 aliphatic heterocycles. The van der Waals surface area contributed by atoms with Crippen LogP contribution in [0.2, 0.25) is 0 Å². The van der Waals surface area contributed by atoms with Crippen molar-refractivity contribution in [3.63, 3.8) is 0 Å². The van der Waals surface area contributed by atoms with Crippen LogP contribution < -0.4 is 20.1 Å². The lowest BCUT2D eigenvalue weighted by Crippen LogP contribution is -2.29. The van der Waals surface area contributed by atoms with Crippen molar-refractivity contribution in [2.75, 3.05) is 24.9 Å². The fraction of sp³-hybridized carbons (Fsp3) is 0.176. The van der Waals surface area contributed by atoms with Crippen molar-refractivity contribution < 1.29 is 19.1 Å². The van der Waals surface area contributed by atoms with Gasteiger partial charge in [0, 0.05) is 15.3 Å². The minimum Gasteiger partial charge on any atom is -0.497 e. The third kappa shape index (κ3) is 4.38. The highest BCUT2D eigenvalue weighted by Crippen LogP contribution is 2.28. The Labute approximate surface area is 153 Å². The molecular weight excluding hydrogens is 423 g/mol. The molecular formula is C17H17IN2O4. The Kier molecular flexibility index (Phi) is 6.02. The number of anilines is 2. The molecule has 126 valence electrons. The monoisotopic (exact) mass is 440 g/mol. The van der Waals surface area contributed by atoms with Gasteiger partial charge in [0.1, 0.15) is 11.5 Å². The molecule has 0 atom stereocenters. The van der Waals surface area contributed by atoms with E-state index in [2.05, 4.69) is 33.2 Å². The molecule has 2 rings (SSSR count). The molecule has 0 spiro atoms. The van der Waals surface area contributed by atoms with Gasteiger partial charge >= 0.3 is 11.8 Å². The number of benzene rings is 2. The number of carbonyl (C=O) groups is 2. The fourth-order valence-corrected chi connectivity index (χ4v) is 2.68. The van der Waals surface area contributed by atoms with Crippen LogP contribution in [-0.4, -0.2) is 26.0 Å². The van der Waals surface area contributed by atoms with Crippen molar-refractivity contribution in [1.29, 1.82) is 0 Å². The molecule has 0 aliphatic carbocycles. The van der Waals surface area contributed by atoms with E-state index in [9.17, 15) is 9.59 Å². The highest BCUT2D eigenvalue weighted by atomic mass is 127. The molecule has 2 amide bonds. The van der Waals surface area contributed by atoms with Crippen LogP contribution in [0.1, 0.15) is 5.56 Å². The standard InChI is InChI=1S/C17H17IN2O4/c1-10-8-11(18)4-6-13(10)19-16(21)17(22)20-14-9-12(23-2)5-7-15(14)24-3/h4-9H,1-3H3,(H,19,21)(H,20,22). The van der Waals surface area contributed by atoms with E-state index in [1.807, 2.05) is 19.1 Å². The smallest absolute Gasteiger partial charge is 0.314 e. The summed E-state index contributed by atoms with van der Waals surface area (Å²) in [5.41, 5.74) is 1.83. The second-order valence-corrected chi connectivity index (χ2v) is 6.18. The van der Waals surface area contributed by atoms with Gasteiger partial charge in [0.05, 0.1) is 19.9 Å². The normalized spacial score (nSPS) is 10.0. The SMILES string of the molecule is COc1ccc(OC)c(NC(=O)C(=O)Nc2ccc(I)cc2C)c1. The molecule has 0 saturated heterocycles. The van der Waals surface area contributed by atoms with Gasteiger partial charge in [-0.15, -0.1) is 0 Å². The van der Waals surface area contributed by atoms with E-state index in [0.29, 0.717) is 22.9 Å². The number of halogens is 1. The molecule has 0 aromatic heterocycles. The Morgan fingerprint density at radius 3 is 2.17 bits per heavy atom. The van der Waals surface area contributed by atoms with Crippen molar-refractivity contribution in [2.24, 2.45) is 0 Å². The van der Waals surface area contributed by atoms with Gasteiger partial charge in [-0.2, -0.15) is 0 Å². The third-order valence-corrected chi connectivity index (χ3v) is 3.97. The maximum atomic E-state index is 12.1. The molecule has 2 aromatic carbocycles. The molecule has 0 aliphatic rings. The van der Waals surface area contributed by atoms with Gasteiger partial charge < -0.3 is 20.1 Å². The van der Waals surface area contributed by atoms with E-state index in [4.69, 9.17) is 9.47 Å². The zero-order valence-corrected chi connectivity index (χ0v) is 15.6. The predicted octanol–water partition coefficient (Wildman–Crippen LogP) is 3.19. The second-order valence-electron chi connectivity index (χ2n) is 4.93. The minimum atomic E-state index is -0.792. The van der Waals surface area contributed by atoms with E-state index < -0.39 is 11.8 Å². The summed E-state index contributed by atoms with van der Waals surface area (Å²) in [4.78, 5) is 24.3. The van der Waals surface area contributed by atoms with Gasteiger partial charge in [0.15, 0.2) is 0 Å². The van der Waals surface area contributed by atoms with Gasteiger partial charge in [-0.25, -0.2) is 0 Å². The molecule has 2 aromatic rings. The Hall–Kier alpha value is -2.29. The van der Waals surface area contributed by atoms with E-state index in [1.165, 1.54) is 14.2 Å². The van der Waals surface area contributed by atoms with E-state index in [-0.39, 0.29) is 0 Å². The number of carbonyl (C=O) groups excluding carboxylic acids is 2. The molecule has 6 nitrogen and oxygen atoms in total. The van der Waals surface area contributed by atoms with Crippen LogP contribution in [-0.2, 0) is 9.59 Å². The lowest BCUT2D eigenvalue weighted by Gasteiger charge is -2.12. The molecule has 0 saturated carbocycles. The Bertz CT molecular complexity index is 777. The summed E-state index contributed by atoms with van der Waals surface area (Å²) in [5, 5.41) is 5.13. The van der Waals surface area contributed by atoms with Crippen molar-refractivity contribution in [2.45, 2.75) is 6.92 Å². The summed E-state index contributed by atoms with van der Waals surface area (Å²) in [7, 11) is 2.99. The maximum Gasteiger partial charge on any atom is 0.314 e. The van der Waals surface area contributed by atoms with Crippen molar-refractivity contribution in [3.8, 4) is 11.5 Å². The van der Waals surface area contributed by atoms with Gasteiger partial charge in [-0.3, -0.25) is 9.59 Å². The molecule has 0 heterocycles. The average Bonchev–Trinajstić information content (AvgIpc) is 2.57. The van der Waals surface area contributed by atoms with Gasteiger partial charge in [-0.1, -0.05) is 0 Å². The average molecular weight is 440 g/mol. The van der Waals surface area contributed by atoms with E-state index in [1.54, 1.807) is 24.3 Å². The summed E-state index contributed by atoms with van der Waals surface area (Å²) in [6.45, 7) is 1.86. The topological polar surface area (TPSA) is 76.7 Å². The Morgan fingerprint density at radius 1 is 0.917 bits per heavy atom. The van der Waals surface area contributed by atoms with Crippen LogP contribution >= 0.6 is 22.6 Å². The number of rotatable bonds is 4. The minimum absolute atomic E-state index is 0.358. The zero-order valence-electron chi connectivity index (χ0n) is 13.5. The van der Waals surface area contributed by atoms with Crippen LogP contribution in [0.3, 0.4) is 0 Å². The van der Waals surface area contributed by atoms with Crippen molar-refractivity contribution in [1.82, 2.24) is 0 Å². The van der Waals surface area contributed by atoms with Gasteiger partial charge in [0.25, 0.3) is 0 Å². The van der Waals surface area contributed by atoms with Crippen LogP contribution in [0, 0.1) is 10.5 Å². The first-order valence-corrected chi connectivity index (χ1v) is 8.13. The fourth-order valence-electron chi connectivity index (χ4n) is 2.04. The molecule has 24 heavy (non-hydrogen) atoms. The number of nitrogens with one attached hydrogen (secondary N) is 2. The summed E-state index contributed by atoms with van der Waals surface area (Å²) < 4.78 is 11.3. The summed E-state index contributed by atoms with van der Waals surface area (Å²) in [5.74, 6) is -0.578. The first kappa shape index (κ1) is 18.1. The highest BCUT2D eigenvalue weighted by Gasteiger charge is 2.17. The molecule has 0 radical (unpaired) electrons. The second kappa shape index (κ2) is 8.00. The molecule has 0 unspecified atom stereocenters. The number of amides is 2. The summed E-state index contributed by atoms with van der Waals surface area (Å²) >= 11 is 2.18. The predicted molar refractivity (Wildman–Crippen MR) is 101 cm³/mol. The summed E-state index contributed by atoms with van der Waals surface area (Å²) in [6, 6.07) is 10.5. The van der Waals surface area contributed by atoms with Crippen LogP contribution in [0.4, 0.5) is 11.4 Å². The van der Waals surface area contributed by atoms with Gasteiger partial charge in [0.2, 0.25) is 0 Å². The van der Waals surface area contributed by atoms with Crippen molar-refractivity contribution >= 4 is 45.8 Å². The third-order valence-electron chi connectivity index (χ3n) is 3.30. The van der Waals surface area contributed by atoms with Crippen LogP contribution in [0.15, 0.2) is 36.4 Å². The molecule has 0 bridgehead atoms. The first-order chi connectivity index (χ1) is 11.4. The molecule has 2 N–H and O–H groups in total. The number of hydrogen-bond acceptors (Lipinski definition) is 4. The zero-order chi connectivity index (χ0) is 17.7. The number of methoxy groups -OCH3 is 2. The quantitative estimate of drug-likeness (QED) is 0.566. The number of ether oxygens (including phenoxy) is 2. The number of aryl methyl sites for hydroxylation is 1. The van der Waals surface area contributed by atoms with Crippen LogP contribution in [0.5, 0.6) is 11.5 Å². The van der Waals surface area contributed by atoms with Crippen molar-refractivity contribution in [3.05, 3.63) is 45.5 Å².